The monoisotopic (exact) mass is 357 g/mol. The van der Waals surface area contributed by atoms with Gasteiger partial charge in [-0.05, 0) is 18.2 Å². The number of carbonyl (C=O) groups is 2. The quantitative estimate of drug-likeness (QED) is 0.767. The molecule has 0 saturated heterocycles. The van der Waals surface area contributed by atoms with Crippen LogP contribution >= 0.6 is 0 Å². The van der Waals surface area contributed by atoms with Gasteiger partial charge in [0.05, 0.1) is 32.1 Å². The largest absolute Gasteiger partial charge is 0.466 e. The Hall–Kier alpha value is -3.13. The van der Waals surface area contributed by atoms with Crippen LogP contribution in [0.3, 0.4) is 0 Å². The van der Waals surface area contributed by atoms with Crippen molar-refractivity contribution in [2.24, 2.45) is 7.05 Å². The van der Waals surface area contributed by atoms with E-state index in [1.807, 2.05) is 37.4 Å². The molecule has 8 heteroatoms. The van der Waals surface area contributed by atoms with Gasteiger partial charge in [-0.3, -0.25) is 4.68 Å². The summed E-state index contributed by atoms with van der Waals surface area (Å²) in [5, 5.41) is 4.17. The maximum atomic E-state index is 12.3. The number of hydrogen-bond donors (Lipinski definition) is 0. The molecule has 2 heterocycles. The van der Waals surface area contributed by atoms with Crippen LogP contribution < -0.4 is 4.90 Å². The van der Waals surface area contributed by atoms with Crippen molar-refractivity contribution in [3.63, 3.8) is 0 Å². The van der Waals surface area contributed by atoms with E-state index >= 15 is 0 Å². The molecule has 0 bridgehead atoms. The lowest BCUT2D eigenvalue weighted by Gasteiger charge is -2.31. The molecule has 2 aromatic rings. The topological polar surface area (TPSA) is 82.9 Å². The maximum Gasteiger partial charge on any atom is 0.355 e. The summed E-state index contributed by atoms with van der Waals surface area (Å²) in [6.07, 6.45) is 1.71. The summed E-state index contributed by atoms with van der Waals surface area (Å²) in [6.45, 7) is 0.0921. The molecular formula is C18H19N3O5. The third-order valence-electron chi connectivity index (χ3n) is 4.11. The van der Waals surface area contributed by atoms with E-state index in [9.17, 15) is 9.59 Å². The number of aromatic nitrogens is 2. The van der Waals surface area contributed by atoms with Crippen LogP contribution in [-0.2, 0) is 30.8 Å². The molecule has 0 amide bonds. The van der Waals surface area contributed by atoms with E-state index in [0.717, 1.165) is 11.3 Å². The average molecular weight is 357 g/mol. The van der Waals surface area contributed by atoms with E-state index in [-0.39, 0.29) is 24.6 Å². The predicted octanol–water partition coefficient (Wildman–Crippen LogP) is 1.48. The molecule has 1 aromatic heterocycles. The number of ether oxygens (including phenoxy) is 3. The van der Waals surface area contributed by atoms with Crippen molar-refractivity contribution >= 4 is 17.6 Å². The molecule has 8 nitrogen and oxygen atoms in total. The fourth-order valence-corrected chi connectivity index (χ4v) is 2.84. The Morgan fingerprint density at radius 3 is 2.58 bits per heavy atom. The number of benzene rings is 1. The van der Waals surface area contributed by atoms with Crippen LogP contribution in [0, 0.1) is 0 Å². The number of rotatable bonds is 4. The molecule has 0 spiro atoms. The molecule has 0 saturated carbocycles. The standard InChI is InChI=1S/C18H19N3O5/c1-20-15(7-8-19-20)12-5-4-6-13(9-12)21-11-26-10-14(17(22)24-2)16(21)18(23)25-3/h4-9H,10-11H2,1-3H3. The molecule has 0 fully saturated rings. The van der Waals surface area contributed by atoms with E-state index in [4.69, 9.17) is 14.2 Å². The van der Waals surface area contributed by atoms with Crippen molar-refractivity contribution in [2.45, 2.75) is 0 Å². The van der Waals surface area contributed by atoms with Gasteiger partial charge in [0.1, 0.15) is 12.4 Å². The second-order valence-corrected chi connectivity index (χ2v) is 5.61. The minimum atomic E-state index is -0.627. The highest BCUT2D eigenvalue weighted by Gasteiger charge is 2.32. The summed E-state index contributed by atoms with van der Waals surface area (Å²) in [4.78, 5) is 26.0. The number of hydrogen-bond acceptors (Lipinski definition) is 7. The van der Waals surface area contributed by atoms with Gasteiger partial charge >= 0.3 is 11.9 Å². The number of anilines is 1. The third-order valence-corrected chi connectivity index (χ3v) is 4.11. The first-order valence-electron chi connectivity index (χ1n) is 7.90. The van der Waals surface area contributed by atoms with Gasteiger partial charge < -0.3 is 19.1 Å². The molecule has 0 N–H and O–H groups in total. The first-order valence-corrected chi connectivity index (χ1v) is 7.90. The summed E-state index contributed by atoms with van der Waals surface area (Å²) in [5.74, 6) is -1.25. The maximum absolute atomic E-state index is 12.3. The zero-order chi connectivity index (χ0) is 18.7. The fraction of sp³-hybridized carbons (Fsp3) is 0.278. The summed E-state index contributed by atoms with van der Waals surface area (Å²) in [5.41, 5.74) is 2.76. The SMILES string of the molecule is COC(=O)C1=C(C(=O)OC)N(c2cccc(-c3ccnn3C)c2)COC1. The van der Waals surface area contributed by atoms with E-state index in [0.29, 0.717) is 5.69 Å². The van der Waals surface area contributed by atoms with E-state index in [2.05, 4.69) is 5.10 Å². The van der Waals surface area contributed by atoms with Gasteiger partial charge in [-0.2, -0.15) is 5.10 Å². The molecule has 26 heavy (non-hydrogen) atoms. The van der Waals surface area contributed by atoms with Crippen LogP contribution in [0.25, 0.3) is 11.3 Å². The van der Waals surface area contributed by atoms with Gasteiger partial charge in [0.15, 0.2) is 0 Å². The van der Waals surface area contributed by atoms with E-state index < -0.39 is 11.9 Å². The molecule has 1 aliphatic rings. The van der Waals surface area contributed by atoms with Crippen LogP contribution in [0.5, 0.6) is 0 Å². The number of nitrogens with zero attached hydrogens (tertiary/aromatic N) is 3. The smallest absolute Gasteiger partial charge is 0.355 e. The van der Waals surface area contributed by atoms with Crippen molar-refractivity contribution < 1.29 is 23.8 Å². The first kappa shape index (κ1) is 17.7. The van der Waals surface area contributed by atoms with E-state index in [1.165, 1.54) is 14.2 Å². The lowest BCUT2D eigenvalue weighted by Crippen LogP contribution is -2.38. The van der Waals surface area contributed by atoms with Gasteiger partial charge in [-0.25, -0.2) is 9.59 Å². The molecule has 0 atom stereocenters. The average Bonchev–Trinajstić information content (AvgIpc) is 3.12. The van der Waals surface area contributed by atoms with Crippen molar-refractivity contribution in [3.05, 3.63) is 47.8 Å². The van der Waals surface area contributed by atoms with Crippen LogP contribution in [0.15, 0.2) is 47.8 Å². The minimum absolute atomic E-state index is 0.0188. The molecule has 0 radical (unpaired) electrons. The van der Waals surface area contributed by atoms with Crippen LogP contribution in [0.4, 0.5) is 5.69 Å². The van der Waals surface area contributed by atoms with Gasteiger partial charge in [0.25, 0.3) is 0 Å². The third kappa shape index (κ3) is 3.18. The highest BCUT2D eigenvalue weighted by Crippen LogP contribution is 2.30. The van der Waals surface area contributed by atoms with E-state index in [1.54, 1.807) is 15.8 Å². The first-order chi connectivity index (χ1) is 12.6. The summed E-state index contributed by atoms with van der Waals surface area (Å²) in [7, 11) is 4.37. The molecule has 0 unspecified atom stereocenters. The highest BCUT2D eigenvalue weighted by atomic mass is 16.5. The van der Waals surface area contributed by atoms with Crippen LogP contribution in [-0.4, -0.2) is 49.3 Å². The Balaban J connectivity index is 2.08. The van der Waals surface area contributed by atoms with Crippen molar-refractivity contribution in [3.8, 4) is 11.3 Å². The second kappa shape index (κ2) is 7.40. The number of esters is 2. The number of aryl methyl sites for hydroxylation is 1. The Morgan fingerprint density at radius 1 is 1.15 bits per heavy atom. The van der Waals surface area contributed by atoms with Gasteiger partial charge in [0, 0.05) is 24.5 Å². The second-order valence-electron chi connectivity index (χ2n) is 5.61. The van der Waals surface area contributed by atoms with Crippen molar-refractivity contribution in [1.82, 2.24) is 9.78 Å². The Morgan fingerprint density at radius 2 is 1.92 bits per heavy atom. The van der Waals surface area contributed by atoms with Gasteiger partial charge in [0.2, 0.25) is 0 Å². The molecule has 1 aromatic carbocycles. The molecule has 3 rings (SSSR count). The zero-order valence-electron chi connectivity index (χ0n) is 14.8. The Labute approximate surface area is 150 Å². The zero-order valence-corrected chi connectivity index (χ0v) is 14.8. The van der Waals surface area contributed by atoms with Crippen molar-refractivity contribution in [2.75, 3.05) is 32.5 Å². The molecular weight excluding hydrogens is 338 g/mol. The van der Waals surface area contributed by atoms with Crippen molar-refractivity contribution in [1.29, 1.82) is 0 Å². The highest BCUT2D eigenvalue weighted by molar-refractivity contribution is 6.03. The summed E-state index contributed by atoms with van der Waals surface area (Å²) in [6, 6.07) is 9.41. The van der Waals surface area contributed by atoms with Crippen LogP contribution in [0.2, 0.25) is 0 Å². The van der Waals surface area contributed by atoms with Gasteiger partial charge in [-0.1, -0.05) is 12.1 Å². The predicted molar refractivity (Wildman–Crippen MR) is 93.0 cm³/mol. The molecule has 0 aliphatic carbocycles. The van der Waals surface area contributed by atoms with Gasteiger partial charge in [-0.15, -0.1) is 0 Å². The lowest BCUT2D eigenvalue weighted by atomic mass is 10.1. The minimum Gasteiger partial charge on any atom is -0.466 e. The van der Waals surface area contributed by atoms with Crippen LogP contribution in [0.1, 0.15) is 0 Å². The Kier molecular flexibility index (Phi) is 5.04. The lowest BCUT2D eigenvalue weighted by molar-refractivity contribution is -0.140. The molecule has 136 valence electrons. The Bertz CT molecular complexity index is 871. The normalized spacial score (nSPS) is 14.3. The fourth-order valence-electron chi connectivity index (χ4n) is 2.84. The summed E-state index contributed by atoms with van der Waals surface area (Å²) >= 11 is 0. The number of carbonyl (C=O) groups excluding carboxylic acids is 2. The summed E-state index contributed by atoms with van der Waals surface area (Å²) < 4.78 is 16.9. The number of methoxy groups -OCH3 is 2. The molecule has 1 aliphatic heterocycles.